The van der Waals surface area contributed by atoms with Gasteiger partial charge in [0.1, 0.15) is 11.6 Å². The van der Waals surface area contributed by atoms with Crippen molar-refractivity contribution in [3.8, 4) is 11.4 Å². The lowest BCUT2D eigenvalue weighted by molar-refractivity contribution is -0.113. The van der Waals surface area contributed by atoms with Crippen molar-refractivity contribution in [1.29, 1.82) is 0 Å². The van der Waals surface area contributed by atoms with Gasteiger partial charge in [-0.2, -0.15) is 0 Å². The Hall–Kier alpha value is -2.74. The number of thioether (sulfide) groups is 1. The summed E-state index contributed by atoms with van der Waals surface area (Å²) in [6.45, 7) is 2.35. The number of amides is 1. The van der Waals surface area contributed by atoms with Gasteiger partial charge in [-0.05, 0) is 31.2 Å². The van der Waals surface area contributed by atoms with E-state index in [9.17, 15) is 13.6 Å². The number of hydrogen-bond acceptors (Lipinski definition) is 4. The van der Waals surface area contributed by atoms with Crippen molar-refractivity contribution >= 4 is 23.4 Å². The van der Waals surface area contributed by atoms with Crippen molar-refractivity contribution < 1.29 is 13.6 Å². The van der Waals surface area contributed by atoms with E-state index in [0.717, 1.165) is 6.07 Å². The molecule has 1 heterocycles. The molecular weight excluding hydrogens is 358 g/mol. The Labute approximate surface area is 153 Å². The lowest BCUT2D eigenvalue weighted by atomic mass is 10.2. The minimum Gasteiger partial charge on any atom is -0.325 e. The van der Waals surface area contributed by atoms with Crippen LogP contribution in [0.25, 0.3) is 11.4 Å². The molecule has 3 rings (SSSR count). The SMILES string of the molecule is CCn1c(SCC(=O)Nc2ccccc2)nnc1-c1ccc(F)cc1F. The number of rotatable bonds is 6. The maximum absolute atomic E-state index is 14.0. The maximum atomic E-state index is 14.0. The standard InChI is InChI=1S/C18H16F2N4OS/c1-2-24-17(14-9-8-12(19)10-15(14)20)22-23-18(24)26-11-16(25)21-13-6-4-3-5-7-13/h3-10H,2,11H2,1H3,(H,21,25). The van der Waals surface area contributed by atoms with Gasteiger partial charge >= 0.3 is 0 Å². The van der Waals surface area contributed by atoms with Crippen LogP contribution in [0.3, 0.4) is 0 Å². The lowest BCUT2D eigenvalue weighted by Crippen LogP contribution is -2.14. The van der Waals surface area contributed by atoms with Crippen molar-refractivity contribution in [3.05, 3.63) is 60.2 Å². The first-order valence-electron chi connectivity index (χ1n) is 7.94. The molecule has 0 saturated carbocycles. The van der Waals surface area contributed by atoms with E-state index in [-0.39, 0.29) is 17.2 Å². The molecule has 0 aliphatic heterocycles. The normalized spacial score (nSPS) is 10.7. The molecule has 0 aliphatic carbocycles. The minimum absolute atomic E-state index is 0.138. The van der Waals surface area contributed by atoms with Gasteiger partial charge in [0, 0.05) is 18.3 Å². The number of aromatic nitrogens is 3. The van der Waals surface area contributed by atoms with E-state index in [4.69, 9.17) is 0 Å². The number of nitrogens with one attached hydrogen (secondary N) is 1. The van der Waals surface area contributed by atoms with E-state index >= 15 is 0 Å². The maximum Gasteiger partial charge on any atom is 0.234 e. The summed E-state index contributed by atoms with van der Waals surface area (Å²) in [5, 5.41) is 11.3. The fourth-order valence-electron chi connectivity index (χ4n) is 2.40. The Morgan fingerprint density at radius 2 is 1.92 bits per heavy atom. The van der Waals surface area contributed by atoms with Crippen LogP contribution in [-0.2, 0) is 11.3 Å². The highest BCUT2D eigenvalue weighted by Crippen LogP contribution is 2.26. The van der Waals surface area contributed by atoms with Crippen molar-refractivity contribution in [3.63, 3.8) is 0 Å². The molecule has 0 fully saturated rings. The summed E-state index contributed by atoms with van der Waals surface area (Å²) in [7, 11) is 0. The number of para-hydroxylation sites is 1. The molecule has 5 nitrogen and oxygen atoms in total. The zero-order valence-electron chi connectivity index (χ0n) is 13.9. The van der Waals surface area contributed by atoms with Crippen LogP contribution in [0.15, 0.2) is 53.7 Å². The van der Waals surface area contributed by atoms with Crippen LogP contribution < -0.4 is 5.32 Å². The molecule has 0 bridgehead atoms. The Morgan fingerprint density at radius 1 is 1.15 bits per heavy atom. The van der Waals surface area contributed by atoms with Crippen molar-refractivity contribution in [2.75, 3.05) is 11.1 Å². The van der Waals surface area contributed by atoms with Crippen LogP contribution in [0.5, 0.6) is 0 Å². The number of halogens is 2. The van der Waals surface area contributed by atoms with Gasteiger partial charge in [0.15, 0.2) is 11.0 Å². The van der Waals surface area contributed by atoms with Crippen LogP contribution in [0.1, 0.15) is 6.92 Å². The van der Waals surface area contributed by atoms with Crippen molar-refractivity contribution in [1.82, 2.24) is 14.8 Å². The number of benzene rings is 2. The first kappa shape index (κ1) is 18.1. The number of carbonyl (C=O) groups excluding carboxylic acids is 1. The second kappa shape index (κ2) is 8.09. The molecule has 1 aromatic heterocycles. The third-order valence-corrected chi connectivity index (χ3v) is 4.56. The van der Waals surface area contributed by atoms with Gasteiger partial charge in [0.25, 0.3) is 0 Å². The molecule has 0 radical (unpaired) electrons. The molecular formula is C18H16F2N4OS. The molecule has 2 aromatic carbocycles. The highest BCUT2D eigenvalue weighted by Gasteiger charge is 2.17. The molecule has 1 N–H and O–H groups in total. The molecule has 0 atom stereocenters. The largest absolute Gasteiger partial charge is 0.325 e. The molecule has 0 spiro atoms. The molecule has 0 aliphatic rings. The number of carbonyl (C=O) groups is 1. The third kappa shape index (κ3) is 4.08. The van der Waals surface area contributed by atoms with E-state index in [2.05, 4.69) is 15.5 Å². The van der Waals surface area contributed by atoms with Crippen molar-refractivity contribution in [2.24, 2.45) is 0 Å². The van der Waals surface area contributed by atoms with Gasteiger partial charge < -0.3 is 9.88 Å². The smallest absolute Gasteiger partial charge is 0.234 e. The minimum atomic E-state index is -0.703. The molecule has 134 valence electrons. The molecule has 0 unspecified atom stereocenters. The van der Waals surface area contributed by atoms with Gasteiger partial charge in [0.05, 0.1) is 11.3 Å². The van der Waals surface area contributed by atoms with Crippen LogP contribution in [0, 0.1) is 11.6 Å². The van der Waals surface area contributed by atoms with Crippen LogP contribution >= 0.6 is 11.8 Å². The lowest BCUT2D eigenvalue weighted by Gasteiger charge is -2.08. The topological polar surface area (TPSA) is 59.8 Å². The quantitative estimate of drug-likeness (QED) is 0.663. The van der Waals surface area contributed by atoms with Crippen molar-refractivity contribution in [2.45, 2.75) is 18.6 Å². The number of hydrogen-bond donors (Lipinski definition) is 1. The molecule has 8 heteroatoms. The fraction of sp³-hybridized carbons (Fsp3) is 0.167. The summed E-state index contributed by atoms with van der Waals surface area (Å²) in [5.41, 5.74) is 0.880. The summed E-state index contributed by atoms with van der Waals surface area (Å²) in [5.74, 6) is -1.09. The molecule has 1 amide bonds. The van der Waals surface area contributed by atoms with Gasteiger partial charge in [-0.15, -0.1) is 10.2 Å². The van der Waals surface area contributed by atoms with E-state index in [1.807, 2.05) is 25.1 Å². The number of nitrogens with zero attached hydrogens (tertiary/aromatic N) is 3. The van der Waals surface area contributed by atoms with Gasteiger partial charge in [-0.1, -0.05) is 30.0 Å². The third-order valence-electron chi connectivity index (χ3n) is 3.60. The Kier molecular flexibility index (Phi) is 5.62. The molecule has 3 aromatic rings. The summed E-state index contributed by atoms with van der Waals surface area (Å²) >= 11 is 1.20. The summed E-state index contributed by atoms with van der Waals surface area (Å²) < 4.78 is 28.8. The van der Waals surface area contributed by atoms with Crippen LogP contribution in [-0.4, -0.2) is 26.4 Å². The van der Waals surface area contributed by atoms with Gasteiger partial charge in [0.2, 0.25) is 5.91 Å². The zero-order valence-corrected chi connectivity index (χ0v) is 14.8. The second-order valence-electron chi connectivity index (χ2n) is 5.38. The Bertz CT molecular complexity index is 915. The van der Waals surface area contributed by atoms with Crippen LogP contribution in [0.2, 0.25) is 0 Å². The highest BCUT2D eigenvalue weighted by atomic mass is 32.2. The van der Waals surface area contributed by atoms with E-state index in [1.165, 1.54) is 23.9 Å². The average molecular weight is 374 g/mol. The average Bonchev–Trinajstić information content (AvgIpc) is 3.03. The predicted octanol–water partition coefficient (Wildman–Crippen LogP) is 3.97. The number of anilines is 1. The van der Waals surface area contributed by atoms with Gasteiger partial charge in [-0.3, -0.25) is 4.79 Å². The van der Waals surface area contributed by atoms with Crippen LogP contribution in [0.4, 0.5) is 14.5 Å². The van der Waals surface area contributed by atoms with E-state index < -0.39 is 11.6 Å². The molecule has 0 saturated heterocycles. The summed E-state index contributed by atoms with van der Waals surface area (Å²) in [6.07, 6.45) is 0. The first-order valence-corrected chi connectivity index (χ1v) is 8.93. The Balaban J connectivity index is 1.73. The first-order chi connectivity index (χ1) is 12.6. The van der Waals surface area contributed by atoms with Gasteiger partial charge in [-0.25, -0.2) is 8.78 Å². The highest BCUT2D eigenvalue weighted by molar-refractivity contribution is 7.99. The van der Waals surface area contributed by atoms with E-state index in [1.54, 1.807) is 16.7 Å². The second-order valence-corrected chi connectivity index (χ2v) is 6.32. The monoisotopic (exact) mass is 374 g/mol. The summed E-state index contributed by atoms with van der Waals surface area (Å²) in [6, 6.07) is 12.4. The summed E-state index contributed by atoms with van der Waals surface area (Å²) in [4.78, 5) is 12.1. The fourth-order valence-corrected chi connectivity index (χ4v) is 3.20. The predicted molar refractivity (Wildman–Crippen MR) is 96.8 cm³/mol. The van der Waals surface area contributed by atoms with E-state index in [0.29, 0.717) is 23.2 Å². The Morgan fingerprint density at radius 3 is 2.62 bits per heavy atom. The molecule has 26 heavy (non-hydrogen) atoms. The zero-order chi connectivity index (χ0) is 18.5.